The fourth-order valence-electron chi connectivity index (χ4n) is 4.55. The van der Waals surface area contributed by atoms with Crippen molar-refractivity contribution in [2.24, 2.45) is 4.99 Å². The maximum atomic E-state index is 15.0. The molecule has 2 N–H and O–H groups in total. The Hall–Kier alpha value is -4.27. The molecule has 4 rings (SSSR count). The highest BCUT2D eigenvalue weighted by molar-refractivity contribution is 5.77. The number of anilines is 1. The summed E-state index contributed by atoms with van der Waals surface area (Å²) in [5, 5.41) is 0. The molecule has 0 aromatic heterocycles. The lowest BCUT2D eigenvalue weighted by molar-refractivity contribution is 0.234. The fraction of sp³-hybridized carbons (Fsp3) is 0.300. The number of benzene rings is 3. The molecule has 39 heavy (non-hydrogen) atoms. The Morgan fingerprint density at radius 2 is 1.59 bits per heavy atom. The van der Waals surface area contributed by atoms with Crippen molar-refractivity contribution in [3.05, 3.63) is 94.5 Å². The van der Waals surface area contributed by atoms with E-state index in [4.69, 9.17) is 29.7 Å². The summed E-state index contributed by atoms with van der Waals surface area (Å²) in [6.45, 7) is 3.35. The molecule has 7 nitrogen and oxygen atoms in total. The number of amidine groups is 1. The van der Waals surface area contributed by atoms with E-state index in [-0.39, 0.29) is 23.9 Å². The largest absolute Gasteiger partial charge is 0.497 e. The van der Waals surface area contributed by atoms with Crippen LogP contribution in [0.3, 0.4) is 0 Å². The molecule has 1 atom stereocenters. The van der Waals surface area contributed by atoms with Crippen LogP contribution in [0.4, 0.5) is 14.5 Å². The topological polar surface area (TPSA) is 78.5 Å². The summed E-state index contributed by atoms with van der Waals surface area (Å²) in [5.74, 6) is 1.43. The van der Waals surface area contributed by atoms with Gasteiger partial charge in [-0.3, -0.25) is 0 Å². The van der Waals surface area contributed by atoms with E-state index in [1.54, 1.807) is 34.3 Å². The van der Waals surface area contributed by atoms with E-state index < -0.39 is 18.0 Å². The first-order valence-electron chi connectivity index (χ1n) is 12.4. The van der Waals surface area contributed by atoms with Gasteiger partial charge in [0.2, 0.25) is 0 Å². The minimum atomic E-state index is -1.27. The van der Waals surface area contributed by atoms with Gasteiger partial charge in [-0.2, -0.15) is 0 Å². The molecule has 0 unspecified atom stereocenters. The van der Waals surface area contributed by atoms with E-state index in [0.29, 0.717) is 29.5 Å². The van der Waals surface area contributed by atoms with Crippen molar-refractivity contribution in [3.8, 4) is 17.2 Å². The zero-order valence-electron chi connectivity index (χ0n) is 22.8. The Balaban J connectivity index is 1.84. The van der Waals surface area contributed by atoms with E-state index in [9.17, 15) is 4.39 Å². The van der Waals surface area contributed by atoms with Crippen molar-refractivity contribution in [2.45, 2.75) is 32.5 Å². The van der Waals surface area contributed by atoms with Gasteiger partial charge in [0.25, 0.3) is 6.02 Å². The van der Waals surface area contributed by atoms with Crippen molar-refractivity contribution in [1.29, 1.82) is 0 Å². The smallest absolute Gasteiger partial charge is 0.294 e. The number of nitrogen functional groups attached to an aromatic ring is 1. The number of nitrogens with zero attached hydrogens (tertiary/aromatic N) is 2. The molecule has 1 aliphatic rings. The highest BCUT2D eigenvalue weighted by Gasteiger charge is 2.35. The normalized spacial score (nSPS) is 16.6. The lowest BCUT2D eigenvalue weighted by Crippen LogP contribution is -2.38. The molecule has 0 bridgehead atoms. The number of methoxy groups -OCH3 is 3. The lowest BCUT2D eigenvalue weighted by Gasteiger charge is -2.34. The summed E-state index contributed by atoms with van der Waals surface area (Å²) in [5.41, 5.74) is 7.99. The summed E-state index contributed by atoms with van der Waals surface area (Å²) in [4.78, 5) is 6.65. The number of alkyl halides is 1. The van der Waals surface area contributed by atoms with Crippen LogP contribution in [-0.4, -0.2) is 38.9 Å². The fourth-order valence-corrected chi connectivity index (χ4v) is 4.55. The quantitative estimate of drug-likeness (QED) is 0.343. The summed E-state index contributed by atoms with van der Waals surface area (Å²) >= 11 is 0. The van der Waals surface area contributed by atoms with Crippen LogP contribution in [0.1, 0.15) is 29.2 Å². The maximum Gasteiger partial charge on any atom is 0.294 e. The van der Waals surface area contributed by atoms with Gasteiger partial charge in [-0.05, 0) is 61.9 Å². The van der Waals surface area contributed by atoms with Crippen molar-refractivity contribution in [1.82, 2.24) is 4.90 Å². The third kappa shape index (κ3) is 6.08. The Morgan fingerprint density at radius 3 is 2.23 bits per heavy atom. The SMILES string of the molecule is COc1ccc(CN(Cc2ccc(C)cc2OC)C2=N[C@](C)(c3cc(N)ccc3F)C=C(CF)O2)c(OC)c1. The molecular weight excluding hydrogens is 504 g/mol. The Kier molecular flexibility index (Phi) is 8.28. The Bertz CT molecular complexity index is 1410. The average molecular weight is 538 g/mol. The maximum absolute atomic E-state index is 15.0. The van der Waals surface area contributed by atoms with Gasteiger partial charge in [0.15, 0.2) is 0 Å². The summed E-state index contributed by atoms with van der Waals surface area (Å²) in [6.07, 6.45) is 1.48. The highest BCUT2D eigenvalue weighted by Crippen LogP contribution is 2.37. The van der Waals surface area contributed by atoms with Crippen molar-refractivity contribution in [2.75, 3.05) is 33.7 Å². The third-order valence-corrected chi connectivity index (χ3v) is 6.59. The molecular formula is C30H33F2N3O4. The molecule has 1 heterocycles. The predicted molar refractivity (Wildman–Crippen MR) is 147 cm³/mol. The molecule has 0 aliphatic carbocycles. The Labute approximate surface area is 227 Å². The Morgan fingerprint density at radius 1 is 0.923 bits per heavy atom. The number of aryl methyl sites for hydroxylation is 1. The molecule has 0 saturated heterocycles. The van der Waals surface area contributed by atoms with Crippen molar-refractivity contribution >= 4 is 11.7 Å². The van der Waals surface area contributed by atoms with E-state index in [1.165, 1.54) is 24.3 Å². The van der Waals surface area contributed by atoms with Crippen molar-refractivity contribution in [3.63, 3.8) is 0 Å². The molecule has 0 radical (unpaired) electrons. The standard InChI is InChI=1S/C30H33F2N3O4/c1-19-6-7-20(27(12-19)37-4)17-35(18-21-8-10-23(36-3)14-28(21)38-5)29-34-30(2,15-24(16-31)39-29)25-13-22(33)9-11-26(25)32/h6-15H,16-18,33H2,1-5H3/t30-/m0/s1. The summed E-state index contributed by atoms with van der Waals surface area (Å²) in [7, 11) is 4.76. The van der Waals surface area contributed by atoms with Crippen LogP contribution in [0.2, 0.25) is 0 Å². The number of hydrogen-bond acceptors (Lipinski definition) is 7. The van der Waals surface area contributed by atoms with E-state index in [2.05, 4.69) is 0 Å². The van der Waals surface area contributed by atoms with Gasteiger partial charge in [-0.15, -0.1) is 0 Å². The monoisotopic (exact) mass is 537 g/mol. The predicted octanol–water partition coefficient (Wildman–Crippen LogP) is 5.90. The zero-order chi connectivity index (χ0) is 28.2. The van der Waals surface area contributed by atoms with Crippen LogP contribution in [0, 0.1) is 12.7 Å². The molecule has 1 aliphatic heterocycles. The van der Waals surface area contributed by atoms with Gasteiger partial charge in [-0.1, -0.05) is 12.1 Å². The van der Waals surface area contributed by atoms with E-state index in [0.717, 1.165) is 16.7 Å². The number of nitrogens with two attached hydrogens (primary N) is 1. The third-order valence-electron chi connectivity index (χ3n) is 6.59. The van der Waals surface area contributed by atoms with Gasteiger partial charge < -0.3 is 29.6 Å². The first-order chi connectivity index (χ1) is 18.7. The minimum absolute atomic E-state index is 0.0203. The molecule has 3 aromatic carbocycles. The zero-order valence-corrected chi connectivity index (χ0v) is 22.8. The summed E-state index contributed by atoms with van der Waals surface area (Å²) in [6, 6.07) is 15.7. The molecule has 0 spiro atoms. The molecule has 9 heteroatoms. The van der Waals surface area contributed by atoms with Crippen LogP contribution in [-0.2, 0) is 23.4 Å². The van der Waals surface area contributed by atoms with Crippen LogP contribution in [0.25, 0.3) is 0 Å². The van der Waals surface area contributed by atoms with Gasteiger partial charge in [0.1, 0.15) is 41.0 Å². The first-order valence-corrected chi connectivity index (χ1v) is 12.4. The number of aliphatic imine (C=N–C) groups is 1. The molecule has 0 saturated carbocycles. The number of hydrogen-bond donors (Lipinski definition) is 1. The lowest BCUT2D eigenvalue weighted by atomic mass is 9.90. The molecule has 3 aromatic rings. The second-order valence-electron chi connectivity index (χ2n) is 9.48. The number of allylic oxidation sites excluding steroid dienone is 1. The second-order valence-corrected chi connectivity index (χ2v) is 9.48. The van der Waals surface area contributed by atoms with E-state index >= 15 is 4.39 Å². The van der Waals surface area contributed by atoms with Gasteiger partial charge in [0, 0.05) is 28.4 Å². The van der Waals surface area contributed by atoms with Gasteiger partial charge >= 0.3 is 0 Å². The summed E-state index contributed by atoms with van der Waals surface area (Å²) < 4.78 is 51.7. The number of rotatable bonds is 9. The van der Waals surface area contributed by atoms with Crippen LogP contribution in [0.5, 0.6) is 17.2 Å². The molecule has 0 amide bonds. The highest BCUT2D eigenvalue weighted by atomic mass is 19.1. The van der Waals surface area contributed by atoms with Crippen molar-refractivity contribution < 1.29 is 27.7 Å². The first kappa shape index (κ1) is 27.8. The van der Waals surface area contributed by atoms with E-state index in [1.807, 2.05) is 42.2 Å². The average Bonchev–Trinajstić information content (AvgIpc) is 2.94. The van der Waals surface area contributed by atoms with Crippen LogP contribution in [0.15, 0.2) is 71.4 Å². The minimum Gasteiger partial charge on any atom is -0.497 e. The van der Waals surface area contributed by atoms with Crippen LogP contribution >= 0.6 is 0 Å². The van der Waals surface area contributed by atoms with Gasteiger partial charge in [0.05, 0.1) is 34.4 Å². The number of halogens is 2. The van der Waals surface area contributed by atoms with Gasteiger partial charge in [-0.25, -0.2) is 13.8 Å². The molecule has 206 valence electrons. The number of ether oxygens (including phenoxy) is 4. The van der Waals surface area contributed by atoms with Crippen LogP contribution < -0.4 is 19.9 Å². The second kappa shape index (κ2) is 11.6. The molecule has 0 fully saturated rings.